The standard InChI is InChI=1S/C19H22N2O6/c1-9-15(12(4)22)10(2)20-16(9)17(23)13(5)27-19(25)11(3)21-18(24)14-7-6-8-26-14/h6-8,11,13,20H,1-5H3,(H,21,24)/t11-,13+/m0/s1. The zero-order valence-corrected chi connectivity index (χ0v) is 15.8. The van der Waals surface area contributed by atoms with Crippen LogP contribution in [0.25, 0.3) is 0 Å². The fourth-order valence-electron chi connectivity index (χ4n) is 2.79. The largest absolute Gasteiger partial charge is 0.459 e. The minimum atomic E-state index is -1.09. The fourth-order valence-corrected chi connectivity index (χ4v) is 2.79. The molecule has 0 radical (unpaired) electrons. The summed E-state index contributed by atoms with van der Waals surface area (Å²) in [6.07, 6.45) is 0.256. The van der Waals surface area contributed by atoms with Crippen LogP contribution in [0.1, 0.15) is 63.4 Å². The molecule has 0 aromatic carbocycles. The Morgan fingerprint density at radius 1 is 1.19 bits per heavy atom. The van der Waals surface area contributed by atoms with Gasteiger partial charge in [0.25, 0.3) is 5.91 Å². The number of nitrogens with one attached hydrogen (secondary N) is 2. The maximum absolute atomic E-state index is 12.6. The summed E-state index contributed by atoms with van der Waals surface area (Å²) in [6, 6.07) is 2.04. The van der Waals surface area contributed by atoms with Gasteiger partial charge in [0, 0.05) is 11.3 Å². The van der Waals surface area contributed by atoms with E-state index in [0.29, 0.717) is 16.8 Å². The Labute approximate surface area is 156 Å². The average Bonchev–Trinajstić information content (AvgIpc) is 3.21. The molecular formula is C19H22N2O6. The molecule has 1 amide bonds. The second kappa shape index (κ2) is 8.03. The molecule has 0 unspecified atom stereocenters. The maximum atomic E-state index is 12.6. The molecule has 27 heavy (non-hydrogen) atoms. The van der Waals surface area contributed by atoms with E-state index in [9.17, 15) is 19.2 Å². The number of carbonyl (C=O) groups is 4. The molecule has 2 heterocycles. The number of hydrogen-bond donors (Lipinski definition) is 2. The molecule has 2 aromatic rings. The quantitative estimate of drug-likeness (QED) is 0.567. The van der Waals surface area contributed by atoms with Crippen molar-refractivity contribution in [1.82, 2.24) is 10.3 Å². The second-order valence-electron chi connectivity index (χ2n) is 6.30. The fraction of sp³-hybridized carbons (Fsp3) is 0.368. The van der Waals surface area contributed by atoms with Crippen LogP contribution >= 0.6 is 0 Å². The summed E-state index contributed by atoms with van der Waals surface area (Å²) in [5.41, 5.74) is 1.79. The molecule has 0 saturated heterocycles. The van der Waals surface area contributed by atoms with Gasteiger partial charge >= 0.3 is 5.97 Å². The number of aromatic amines is 1. The number of amides is 1. The van der Waals surface area contributed by atoms with Crippen molar-refractivity contribution >= 4 is 23.4 Å². The van der Waals surface area contributed by atoms with Gasteiger partial charge in [0.05, 0.1) is 12.0 Å². The minimum Gasteiger partial charge on any atom is -0.459 e. The highest BCUT2D eigenvalue weighted by atomic mass is 16.5. The topological polar surface area (TPSA) is 118 Å². The zero-order chi connectivity index (χ0) is 20.3. The Balaban J connectivity index is 2.03. The van der Waals surface area contributed by atoms with Crippen molar-refractivity contribution in [1.29, 1.82) is 0 Å². The lowest BCUT2D eigenvalue weighted by atomic mass is 10.0. The first-order valence-electron chi connectivity index (χ1n) is 8.42. The molecule has 8 heteroatoms. The smallest absolute Gasteiger partial charge is 0.329 e. The number of hydrogen-bond acceptors (Lipinski definition) is 6. The summed E-state index contributed by atoms with van der Waals surface area (Å²) in [6.45, 7) is 7.66. The third kappa shape index (κ3) is 4.33. The Morgan fingerprint density at radius 2 is 1.85 bits per heavy atom. The molecule has 0 fully saturated rings. The molecule has 0 aliphatic heterocycles. The molecule has 0 aliphatic carbocycles. The third-order valence-electron chi connectivity index (χ3n) is 4.14. The lowest BCUT2D eigenvalue weighted by Crippen LogP contribution is -2.41. The summed E-state index contributed by atoms with van der Waals surface area (Å²) in [4.78, 5) is 51.2. The van der Waals surface area contributed by atoms with E-state index in [0.717, 1.165) is 0 Å². The van der Waals surface area contributed by atoms with E-state index in [-0.39, 0.29) is 17.2 Å². The first-order valence-corrected chi connectivity index (χ1v) is 8.42. The van der Waals surface area contributed by atoms with Crippen molar-refractivity contribution in [2.45, 2.75) is 46.8 Å². The van der Waals surface area contributed by atoms with Crippen LogP contribution in [0.5, 0.6) is 0 Å². The molecule has 144 valence electrons. The lowest BCUT2D eigenvalue weighted by Gasteiger charge is -2.16. The predicted octanol–water partition coefficient (Wildman–Crippen LogP) is 2.36. The summed E-state index contributed by atoms with van der Waals surface area (Å²) in [5, 5.41) is 2.43. The van der Waals surface area contributed by atoms with E-state index in [2.05, 4.69) is 10.3 Å². The number of aromatic nitrogens is 1. The number of furan rings is 1. The lowest BCUT2D eigenvalue weighted by molar-refractivity contribution is -0.148. The number of esters is 1. The van der Waals surface area contributed by atoms with Crippen LogP contribution in [0, 0.1) is 13.8 Å². The number of carbonyl (C=O) groups excluding carboxylic acids is 4. The van der Waals surface area contributed by atoms with Crippen LogP contribution in [0.2, 0.25) is 0 Å². The molecule has 2 rings (SSSR count). The van der Waals surface area contributed by atoms with Gasteiger partial charge in [-0.3, -0.25) is 14.4 Å². The minimum absolute atomic E-state index is 0.0630. The highest BCUT2D eigenvalue weighted by molar-refractivity contribution is 6.05. The Kier molecular flexibility index (Phi) is 5.99. The molecule has 0 aliphatic rings. The van der Waals surface area contributed by atoms with Crippen molar-refractivity contribution in [3.63, 3.8) is 0 Å². The van der Waals surface area contributed by atoms with E-state index < -0.39 is 29.8 Å². The number of H-pyrrole nitrogens is 1. The first-order chi connectivity index (χ1) is 12.6. The van der Waals surface area contributed by atoms with Crippen LogP contribution in [-0.2, 0) is 9.53 Å². The van der Waals surface area contributed by atoms with Crippen molar-refractivity contribution in [2.24, 2.45) is 0 Å². The van der Waals surface area contributed by atoms with E-state index in [1.54, 1.807) is 19.9 Å². The van der Waals surface area contributed by atoms with E-state index in [4.69, 9.17) is 9.15 Å². The van der Waals surface area contributed by atoms with Gasteiger partial charge in [0.2, 0.25) is 5.78 Å². The normalized spacial score (nSPS) is 12.9. The van der Waals surface area contributed by atoms with E-state index in [1.165, 1.54) is 33.1 Å². The third-order valence-corrected chi connectivity index (χ3v) is 4.14. The average molecular weight is 374 g/mol. The molecule has 2 aromatic heterocycles. The highest BCUT2D eigenvalue weighted by Gasteiger charge is 2.28. The summed E-state index contributed by atoms with van der Waals surface area (Å²) in [5.74, 6) is -1.87. The van der Waals surface area contributed by atoms with Crippen molar-refractivity contribution in [2.75, 3.05) is 0 Å². The van der Waals surface area contributed by atoms with Gasteiger partial charge in [0.15, 0.2) is 17.6 Å². The number of Topliss-reactive ketones (excluding diaryl/α,β-unsaturated/α-hetero) is 2. The number of ketones is 2. The molecule has 2 atom stereocenters. The van der Waals surface area contributed by atoms with Crippen molar-refractivity contribution < 1.29 is 28.3 Å². The Morgan fingerprint density at radius 3 is 2.37 bits per heavy atom. The van der Waals surface area contributed by atoms with Gasteiger partial charge in [-0.2, -0.15) is 0 Å². The zero-order valence-electron chi connectivity index (χ0n) is 15.8. The number of ether oxygens (including phenoxy) is 1. The Bertz CT molecular complexity index is 878. The van der Waals surface area contributed by atoms with Gasteiger partial charge in [0.1, 0.15) is 6.04 Å². The molecule has 0 saturated carbocycles. The SMILES string of the molecule is CC(=O)c1c(C)[nH]c(C(=O)[C@@H](C)OC(=O)[C@H](C)NC(=O)c2ccco2)c1C. The number of rotatable bonds is 7. The summed E-state index contributed by atoms with van der Waals surface area (Å²) < 4.78 is 10.1. The van der Waals surface area contributed by atoms with Crippen LogP contribution in [-0.4, -0.2) is 40.6 Å². The molecule has 0 bridgehead atoms. The second-order valence-corrected chi connectivity index (χ2v) is 6.30. The van der Waals surface area contributed by atoms with Crippen LogP contribution in [0.15, 0.2) is 22.8 Å². The first kappa shape index (κ1) is 20.2. The molecule has 2 N–H and O–H groups in total. The van der Waals surface area contributed by atoms with Crippen LogP contribution in [0.4, 0.5) is 0 Å². The molecule has 0 spiro atoms. The monoisotopic (exact) mass is 374 g/mol. The van der Waals surface area contributed by atoms with Gasteiger partial charge in [-0.15, -0.1) is 0 Å². The number of aryl methyl sites for hydroxylation is 1. The van der Waals surface area contributed by atoms with Gasteiger partial charge in [-0.25, -0.2) is 4.79 Å². The van der Waals surface area contributed by atoms with Crippen molar-refractivity contribution in [3.8, 4) is 0 Å². The van der Waals surface area contributed by atoms with E-state index >= 15 is 0 Å². The van der Waals surface area contributed by atoms with Crippen molar-refractivity contribution in [3.05, 3.63) is 46.7 Å². The van der Waals surface area contributed by atoms with E-state index in [1.807, 2.05) is 0 Å². The molecule has 8 nitrogen and oxygen atoms in total. The molecular weight excluding hydrogens is 352 g/mol. The maximum Gasteiger partial charge on any atom is 0.329 e. The van der Waals surface area contributed by atoms with Gasteiger partial charge < -0.3 is 19.5 Å². The van der Waals surface area contributed by atoms with Crippen LogP contribution < -0.4 is 5.32 Å². The summed E-state index contributed by atoms with van der Waals surface area (Å²) >= 11 is 0. The van der Waals surface area contributed by atoms with Gasteiger partial charge in [-0.05, 0) is 52.3 Å². The summed E-state index contributed by atoms with van der Waals surface area (Å²) in [7, 11) is 0. The Hall–Kier alpha value is -3.16. The van der Waals surface area contributed by atoms with Crippen LogP contribution in [0.3, 0.4) is 0 Å². The predicted molar refractivity (Wildman–Crippen MR) is 95.8 cm³/mol. The highest BCUT2D eigenvalue weighted by Crippen LogP contribution is 2.20. The van der Waals surface area contributed by atoms with Gasteiger partial charge in [-0.1, -0.05) is 0 Å².